The number of carbonyl (C=O) groups excluding carboxylic acids is 3. The fourth-order valence-corrected chi connectivity index (χ4v) is 4.04. The summed E-state index contributed by atoms with van der Waals surface area (Å²) in [5, 5.41) is 6.37. The van der Waals surface area contributed by atoms with E-state index in [1.807, 2.05) is 30.3 Å². The number of morpholine rings is 1. The fraction of sp³-hybridized carbons (Fsp3) is 0.185. The maximum atomic E-state index is 12.9. The van der Waals surface area contributed by atoms with E-state index in [9.17, 15) is 14.4 Å². The Hall–Kier alpha value is -4.02. The van der Waals surface area contributed by atoms with Crippen molar-refractivity contribution in [2.24, 2.45) is 5.10 Å². The van der Waals surface area contributed by atoms with Crippen molar-refractivity contribution in [2.75, 3.05) is 31.6 Å². The molecule has 9 nitrogen and oxygen atoms in total. The Morgan fingerprint density at radius 1 is 0.973 bits per heavy atom. The van der Waals surface area contributed by atoms with Gasteiger partial charge in [0, 0.05) is 17.6 Å². The standard InChI is InChI=1S/C27H25BrN4O5/c28-21-7-3-6-20(15-21)18-37-22-8-4-5-19(16-22)17-29-31-26(34)25(33)30-24-10-2-1-9-23(24)27(35)32-11-13-36-14-12-32/h1-10,15-17H,11-14,18H2,(H,30,33)(H,31,34)/b29-17+. The lowest BCUT2D eigenvalue weighted by Gasteiger charge is -2.27. The largest absolute Gasteiger partial charge is 0.489 e. The minimum atomic E-state index is -0.966. The van der Waals surface area contributed by atoms with Crippen molar-refractivity contribution >= 4 is 45.6 Å². The summed E-state index contributed by atoms with van der Waals surface area (Å²) in [6, 6.07) is 21.5. The first-order valence-corrected chi connectivity index (χ1v) is 12.4. The molecule has 0 bridgehead atoms. The van der Waals surface area contributed by atoms with E-state index in [0.717, 1.165) is 10.0 Å². The zero-order chi connectivity index (χ0) is 26.0. The molecule has 0 spiro atoms. The molecular weight excluding hydrogens is 540 g/mol. The van der Waals surface area contributed by atoms with Crippen LogP contribution in [0.3, 0.4) is 0 Å². The van der Waals surface area contributed by atoms with E-state index in [4.69, 9.17) is 9.47 Å². The first kappa shape index (κ1) is 26.1. The van der Waals surface area contributed by atoms with Crippen LogP contribution in [0.15, 0.2) is 82.4 Å². The van der Waals surface area contributed by atoms with E-state index in [2.05, 4.69) is 31.8 Å². The number of halogens is 1. The molecule has 2 N–H and O–H groups in total. The van der Waals surface area contributed by atoms with Gasteiger partial charge in [0.25, 0.3) is 5.91 Å². The molecule has 1 aliphatic rings. The maximum absolute atomic E-state index is 12.9. The number of carbonyl (C=O) groups is 3. The number of hydrogen-bond donors (Lipinski definition) is 2. The fourth-order valence-electron chi connectivity index (χ4n) is 3.59. The number of hydrogen-bond acceptors (Lipinski definition) is 6. The lowest BCUT2D eigenvalue weighted by atomic mass is 10.1. The Labute approximate surface area is 222 Å². The topological polar surface area (TPSA) is 109 Å². The highest BCUT2D eigenvalue weighted by molar-refractivity contribution is 9.10. The van der Waals surface area contributed by atoms with Crippen molar-refractivity contribution in [3.8, 4) is 5.75 Å². The van der Waals surface area contributed by atoms with Crippen molar-refractivity contribution < 1.29 is 23.9 Å². The van der Waals surface area contributed by atoms with Gasteiger partial charge in [0.2, 0.25) is 0 Å². The van der Waals surface area contributed by atoms with Crippen LogP contribution in [0.4, 0.5) is 5.69 Å². The van der Waals surface area contributed by atoms with Crippen LogP contribution in [0.5, 0.6) is 5.75 Å². The second kappa shape index (κ2) is 12.8. The average molecular weight is 565 g/mol. The van der Waals surface area contributed by atoms with Crippen LogP contribution in [0.1, 0.15) is 21.5 Å². The summed E-state index contributed by atoms with van der Waals surface area (Å²) in [6.45, 7) is 2.24. The Balaban J connectivity index is 1.31. The van der Waals surface area contributed by atoms with Crippen LogP contribution < -0.4 is 15.5 Å². The number of nitrogens with zero attached hydrogens (tertiary/aromatic N) is 2. The number of rotatable bonds is 7. The number of ether oxygens (including phenoxy) is 2. The molecule has 1 aliphatic heterocycles. The predicted octanol–water partition coefficient (Wildman–Crippen LogP) is 3.59. The third-order valence-electron chi connectivity index (χ3n) is 5.44. The number of amides is 3. The summed E-state index contributed by atoms with van der Waals surface area (Å²) in [5.74, 6) is -1.51. The summed E-state index contributed by atoms with van der Waals surface area (Å²) in [6.07, 6.45) is 1.41. The van der Waals surface area contributed by atoms with E-state index in [0.29, 0.717) is 49.8 Å². The highest BCUT2D eigenvalue weighted by atomic mass is 79.9. The van der Waals surface area contributed by atoms with Crippen molar-refractivity contribution in [1.29, 1.82) is 0 Å². The SMILES string of the molecule is O=C(N/N=C/c1cccc(OCc2cccc(Br)c2)c1)C(=O)Nc1ccccc1C(=O)N1CCOCC1. The summed E-state index contributed by atoms with van der Waals surface area (Å²) < 4.78 is 12.1. The monoisotopic (exact) mass is 564 g/mol. The van der Waals surface area contributed by atoms with Gasteiger partial charge in [0.15, 0.2) is 0 Å². The van der Waals surface area contributed by atoms with Crippen molar-refractivity contribution in [3.05, 3.63) is 94.0 Å². The number of nitrogens with one attached hydrogen (secondary N) is 2. The zero-order valence-electron chi connectivity index (χ0n) is 19.9. The van der Waals surface area contributed by atoms with Crippen LogP contribution >= 0.6 is 15.9 Å². The van der Waals surface area contributed by atoms with Crippen LogP contribution in [-0.2, 0) is 20.9 Å². The lowest BCUT2D eigenvalue weighted by molar-refractivity contribution is -0.136. The molecule has 3 amide bonds. The normalized spacial score (nSPS) is 13.3. The van der Waals surface area contributed by atoms with E-state index < -0.39 is 11.8 Å². The molecule has 0 unspecified atom stereocenters. The highest BCUT2D eigenvalue weighted by Gasteiger charge is 2.22. The van der Waals surface area contributed by atoms with Gasteiger partial charge in [0.05, 0.1) is 30.7 Å². The molecule has 3 aromatic carbocycles. The van der Waals surface area contributed by atoms with Crippen LogP contribution in [0.2, 0.25) is 0 Å². The molecule has 0 aliphatic carbocycles. The quantitative estimate of drug-likeness (QED) is 0.259. The molecule has 1 fully saturated rings. The molecule has 190 valence electrons. The molecule has 0 saturated carbocycles. The summed E-state index contributed by atoms with van der Waals surface area (Å²) >= 11 is 3.44. The molecule has 1 saturated heterocycles. The predicted molar refractivity (Wildman–Crippen MR) is 142 cm³/mol. The molecule has 0 atom stereocenters. The second-order valence-electron chi connectivity index (χ2n) is 8.09. The first-order chi connectivity index (χ1) is 18.0. The average Bonchev–Trinajstić information content (AvgIpc) is 2.92. The maximum Gasteiger partial charge on any atom is 0.329 e. The van der Waals surface area contributed by atoms with Gasteiger partial charge in [-0.3, -0.25) is 14.4 Å². The Kier molecular flexibility index (Phi) is 9.01. The Morgan fingerprint density at radius 3 is 2.57 bits per heavy atom. The minimum Gasteiger partial charge on any atom is -0.489 e. The van der Waals surface area contributed by atoms with Crippen LogP contribution in [-0.4, -0.2) is 55.1 Å². The summed E-state index contributed by atoms with van der Waals surface area (Å²) in [5.41, 5.74) is 4.44. The van der Waals surface area contributed by atoms with Gasteiger partial charge in [0.1, 0.15) is 12.4 Å². The summed E-state index contributed by atoms with van der Waals surface area (Å²) in [4.78, 5) is 39.2. The highest BCUT2D eigenvalue weighted by Crippen LogP contribution is 2.19. The molecule has 0 aromatic heterocycles. The van der Waals surface area contributed by atoms with E-state index >= 15 is 0 Å². The Bertz CT molecular complexity index is 1310. The van der Waals surface area contributed by atoms with Gasteiger partial charge in [-0.15, -0.1) is 0 Å². The lowest BCUT2D eigenvalue weighted by Crippen LogP contribution is -2.41. The van der Waals surface area contributed by atoms with Crippen molar-refractivity contribution in [1.82, 2.24) is 10.3 Å². The van der Waals surface area contributed by atoms with Crippen molar-refractivity contribution in [3.63, 3.8) is 0 Å². The number of anilines is 1. The van der Waals surface area contributed by atoms with E-state index in [1.165, 1.54) is 6.21 Å². The third-order valence-corrected chi connectivity index (χ3v) is 5.94. The zero-order valence-corrected chi connectivity index (χ0v) is 21.4. The number of hydrazone groups is 1. The molecule has 37 heavy (non-hydrogen) atoms. The van der Waals surface area contributed by atoms with Gasteiger partial charge in [-0.05, 0) is 47.5 Å². The van der Waals surface area contributed by atoms with Gasteiger partial charge < -0.3 is 19.7 Å². The molecule has 10 heteroatoms. The molecular formula is C27H25BrN4O5. The minimum absolute atomic E-state index is 0.236. The summed E-state index contributed by atoms with van der Waals surface area (Å²) in [7, 11) is 0. The molecule has 4 rings (SSSR count). The molecule has 3 aromatic rings. The molecule has 1 heterocycles. The first-order valence-electron chi connectivity index (χ1n) is 11.6. The van der Waals surface area contributed by atoms with Gasteiger partial charge in [-0.1, -0.05) is 52.3 Å². The van der Waals surface area contributed by atoms with Crippen molar-refractivity contribution in [2.45, 2.75) is 6.61 Å². The van der Waals surface area contributed by atoms with Crippen LogP contribution in [0, 0.1) is 0 Å². The van der Waals surface area contributed by atoms with Crippen LogP contribution in [0.25, 0.3) is 0 Å². The van der Waals surface area contributed by atoms with E-state index in [-0.39, 0.29) is 11.6 Å². The second-order valence-corrected chi connectivity index (χ2v) is 9.01. The molecule has 0 radical (unpaired) electrons. The van der Waals surface area contributed by atoms with Gasteiger partial charge in [-0.2, -0.15) is 5.10 Å². The van der Waals surface area contributed by atoms with E-state index in [1.54, 1.807) is 47.4 Å². The smallest absolute Gasteiger partial charge is 0.329 e. The number of para-hydroxylation sites is 1. The Morgan fingerprint density at radius 2 is 1.76 bits per heavy atom. The number of benzene rings is 3. The van der Waals surface area contributed by atoms with Gasteiger partial charge in [-0.25, -0.2) is 5.43 Å². The van der Waals surface area contributed by atoms with Gasteiger partial charge >= 0.3 is 11.8 Å². The third kappa shape index (κ3) is 7.48.